The van der Waals surface area contributed by atoms with Gasteiger partial charge in [-0.2, -0.15) is 0 Å². The molecule has 0 bridgehead atoms. The summed E-state index contributed by atoms with van der Waals surface area (Å²) in [4.78, 5) is 15.8. The summed E-state index contributed by atoms with van der Waals surface area (Å²) < 4.78 is 6.98. The smallest absolute Gasteiger partial charge is 0.360 e. The molecule has 1 aliphatic rings. The number of aryl methyl sites for hydroxylation is 1. The number of nitrogens with zero attached hydrogens (tertiary/aromatic N) is 2. The van der Waals surface area contributed by atoms with Gasteiger partial charge in [0.25, 0.3) is 0 Å². The SMILES string of the molecule is CCOC(=O)c1nc(C)n2c1NCCC2. The molecule has 1 N–H and O–H groups in total. The number of nitrogens with one attached hydrogen (secondary N) is 1. The molecule has 0 spiro atoms. The second kappa shape index (κ2) is 3.92. The van der Waals surface area contributed by atoms with Gasteiger partial charge in [0.1, 0.15) is 11.6 Å². The van der Waals surface area contributed by atoms with E-state index < -0.39 is 0 Å². The summed E-state index contributed by atoms with van der Waals surface area (Å²) in [6.07, 6.45) is 1.06. The third-order valence-corrected chi connectivity index (χ3v) is 2.48. The van der Waals surface area contributed by atoms with Gasteiger partial charge in [-0.3, -0.25) is 0 Å². The minimum absolute atomic E-state index is 0.344. The van der Waals surface area contributed by atoms with E-state index in [0.29, 0.717) is 12.3 Å². The number of anilines is 1. The molecule has 5 nitrogen and oxygen atoms in total. The van der Waals surface area contributed by atoms with Gasteiger partial charge >= 0.3 is 5.97 Å². The molecule has 0 saturated carbocycles. The van der Waals surface area contributed by atoms with E-state index in [4.69, 9.17) is 4.74 Å². The van der Waals surface area contributed by atoms with Gasteiger partial charge in [0.2, 0.25) is 0 Å². The zero-order valence-electron chi connectivity index (χ0n) is 9.04. The Morgan fingerprint density at radius 2 is 2.47 bits per heavy atom. The van der Waals surface area contributed by atoms with Crippen molar-refractivity contribution < 1.29 is 9.53 Å². The summed E-state index contributed by atoms with van der Waals surface area (Å²) >= 11 is 0. The monoisotopic (exact) mass is 209 g/mol. The normalized spacial score (nSPS) is 14.3. The van der Waals surface area contributed by atoms with Crippen LogP contribution in [0, 0.1) is 6.92 Å². The van der Waals surface area contributed by atoms with E-state index in [-0.39, 0.29) is 5.97 Å². The summed E-state index contributed by atoms with van der Waals surface area (Å²) in [5, 5.41) is 3.19. The lowest BCUT2D eigenvalue weighted by Crippen LogP contribution is -2.19. The van der Waals surface area contributed by atoms with Crippen molar-refractivity contribution in [3.63, 3.8) is 0 Å². The second-order valence-electron chi connectivity index (χ2n) is 3.51. The number of hydrogen-bond donors (Lipinski definition) is 1. The summed E-state index contributed by atoms with van der Waals surface area (Å²) in [6.45, 7) is 5.88. The Labute approximate surface area is 88.4 Å². The molecule has 0 radical (unpaired) electrons. The Hall–Kier alpha value is -1.52. The van der Waals surface area contributed by atoms with Crippen LogP contribution in [0.1, 0.15) is 29.7 Å². The number of esters is 1. The molecular formula is C10H15N3O2. The van der Waals surface area contributed by atoms with E-state index in [9.17, 15) is 4.79 Å². The van der Waals surface area contributed by atoms with E-state index in [1.54, 1.807) is 6.92 Å². The average molecular weight is 209 g/mol. The number of ether oxygens (including phenoxy) is 1. The predicted molar refractivity (Wildman–Crippen MR) is 56.0 cm³/mol. The number of carbonyl (C=O) groups is 1. The van der Waals surface area contributed by atoms with Gasteiger partial charge in [0.05, 0.1) is 6.61 Å². The largest absolute Gasteiger partial charge is 0.461 e. The maximum absolute atomic E-state index is 11.6. The maximum Gasteiger partial charge on any atom is 0.360 e. The molecule has 1 aromatic rings. The highest BCUT2D eigenvalue weighted by molar-refractivity contribution is 5.93. The molecule has 0 aromatic carbocycles. The number of aromatic nitrogens is 2. The van der Waals surface area contributed by atoms with Crippen molar-refractivity contribution in [1.29, 1.82) is 0 Å². The average Bonchev–Trinajstić information content (AvgIpc) is 2.58. The van der Waals surface area contributed by atoms with Gasteiger partial charge in [0.15, 0.2) is 5.69 Å². The Morgan fingerprint density at radius 3 is 3.20 bits per heavy atom. The molecule has 82 valence electrons. The highest BCUT2D eigenvalue weighted by atomic mass is 16.5. The topological polar surface area (TPSA) is 56.1 Å². The van der Waals surface area contributed by atoms with Crippen molar-refractivity contribution in [3.05, 3.63) is 11.5 Å². The Bertz CT molecular complexity index is 384. The molecule has 0 amide bonds. The first kappa shape index (κ1) is 10.0. The van der Waals surface area contributed by atoms with Crippen molar-refractivity contribution in [1.82, 2.24) is 9.55 Å². The zero-order valence-corrected chi connectivity index (χ0v) is 9.04. The molecule has 2 heterocycles. The van der Waals surface area contributed by atoms with Crippen molar-refractivity contribution >= 4 is 11.8 Å². The predicted octanol–water partition coefficient (Wildman–Crippen LogP) is 1.18. The molecule has 1 aliphatic heterocycles. The van der Waals surface area contributed by atoms with Crippen LogP contribution in [-0.4, -0.2) is 28.7 Å². The second-order valence-corrected chi connectivity index (χ2v) is 3.51. The highest BCUT2D eigenvalue weighted by Gasteiger charge is 2.23. The van der Waals surface area contributed by atoms with Crippen molar-refractivity contribution in [3.8, 4) is 0 Å². The van der Waals surface area contributed by atoms with Crippen molar-refractivity contribution in [2.75, 3.05) is 18.5 Å². The lowest BCUT2D eigenvalue weighted by molar-refractivity contribution is 0.0521. The quantitative estimate of drug-likeness (QED) is 0.743. The van der Waals surface area contributed by atoms with E-state index in [0.717, 1.165) is 31.2 Å². The third-order valence-electron chi connectivity index (χ3n) is 2.48. The number of hydrogen-bond acceptors (Lipinski definition) is 4. The third kappa shape index (κ3) is 1.69. The molecular weight excluding hydrogens is 194 g/mol. The molecule has 0 aliphatic carbocycles. The first-order valence-electron chi connectivity index (χ1n) is 5.22. The Kier molecular flexibility index (Phi) is 2.62. The number of rotatable bonds is 2. The Morgan fingerprint density at radius 1 is 1.67 bits per heavy atom. The van der Waals surface area contributed by atoms with Crippen LogP contribution in [0.4, 0.5) is 5.82 Å². The molecule has 1 aromatic heterocycles. The van der Waals surface area contributed by atoms with Crippen LogP contribution in [0.3, 0.4) is 0 Å². The van der Waals surface area contributed by atoms with Crippen LogP contribution in [0.25, 0.3) is 0 Å². The van der Waals surface area contributed by atoms with Crippen molar-refractivity contribution in [2.24, 2.45) is 0 Å². The van der Waals surface area contributed by atoms with Gasteiger partial charge < -0.3 is 14.6 Å². The molecule has 0 saturated heterocycles. The Balaban J connectivity index is 2.35. The van der Waals surface area contributed by atoms with Crippen LogP contribution in [-0.2, 0) is 11.3 Å². The van der Waals surface area contributed by atoms with E-state index >= 15 is 0 Å². The minimum Gasteiger partial charge on any atom is -0.461 e. The van der Waals surface area contributed by atoms with Gasteiger partial charge in [-0.25, -0.2) is 9.78 Å². The van der Waals surface area contributed by atoms with Gasteiger partial charge in [-0.1, -0.05) is 0 Å². The summed E-state index contributed by atoms with van der Waals surface area (Å²) in [7, 11) is 0. The maximum atomic E-state index is 11.6. The van der Waals surface area contributed by atoms with Gasteiger partial charge in [-0.05, 0) is 20.3 Å². The van der Waals surface area contributed by atoms with E-state index in [2.05, 4.69) is 10.3 Å². The fourth-order valence-electron chi connectivity index (χ4n) is 1.80. The lowest BCUT2D eigenvalue weighted by atomic mass is 10.3. The number of carbonyl (C=O) groups excluding carboxylic acids is 1. The lowest BCUT2D eigenvalue weighted by Gasteiger charge is -2.17. The molecule has 2 rings (SSSR count). The number of imidazole rings is 1. The highest BCUT2D eigenvalue weighted by Crippen LogP contribution is 2.22. The molecule has 5 heteroatoms. The van der Waals surface area contributed by atoms with Crippen LogP contribution >= 0.6 is 0 Å². The van der Waals surface area contributed by atoms with E-state index in [1.165, 1.54) is 0 Å². The van der Waals surface area contributed by atoms with Crippen LogP contribution in [0.15, 0.2) is 0 Å². The van der Waals surface area contributed by atoms with E-state index in [1.807, 2.05) is 11.5 Å². The molecule has 15 heavy (non-hydrogen) atoms. The zero-order chi connectivity index (χ0) is 10.8. The fraction of sp³-hybridized carbons (Fsp3) is 0.600. The molecule has 0 fully saturated rings. The van der Waals surface area contributed by atoms with Crippen LogP contribution in [0.2, 0.25) is 0 Å². The summed E-state index contributed by atoms with van der Waals surface area (Å²) in [5.41, 5.74) is 0.411. The first-order chi connectivity index (χ1) is 7.24. The fourth-order valence-corrected chi connectivity index (χ4v) is 1.80. The van der Waals surface area contributed by atoms with Gasteiger partial charge in [0, 0.05) is 13.1 Å². The standard InChI is InChI=1S/C10H15N3O2/c1-3-15-10(14)8-9-11-5-4-6-13(9)7(2)12-8/h11H,3-6H2,1-2H3. The first-order valence-corrected chi connectivity index (χ1v) is 5.22. The minimum atomic E-state index is -0.344. The molecule has 0 atom stereocenters. The summed E-state index contributed by atoms with van der Waals surface area (Å²) in [6, 6.07) is 0. The number of fused-ring (bicyclic) bond motifs is 1. The van der Waals surface area contributed by atoms with Crippen LogP contribution < -0.4 is 5.32 Å². The molecule has 0 unspecified atom stereocenters. The van der Waals surface area contributed by atoms with Crippen LogP contribution in [0.5, 0.6) is 0 Å². The summed E-state index contributed by atoms with van der Waals surface area (Å²) in [5.74, 6) is 1.32. The van der Waals surface area contributed by atoms with Gasteiger partial charge in [-0.15, -0.1) is 0 Å². The van der Waals surface area contributed by atoms with Crippen molar-refractivity contribution in [2.45, 2.75) is 26.8 Å².